The third-order valence-corrected chi connectivity index (χ3v) is 2.18. The first-order valence-electron chi connectivity index (χ1n) is 4.53. The highest BCUT2D eigenvalue weighted by Gasteiger charge is 2.08. The van der Waals surface area contributed by atoms with E-state index >= 15 is 0 Å². The predicted octanol–water partition coefficient (Wildman–Crippen LogP) is -0.00440. The fourth-order valence-electron chi connectivity index (χ4n) is 1.15. The predicted molar refractivity (Wildman–Crippen MR) is 61.4 cm³/mol. The molecule has 0 atom stereocenters. The first kappa shape index (κ1) is 11.6. The van der Waals surface area contributed by atoms with Crippen molar-refractivity contribution in [2.24, 2.45) is 5.73 Å². The van der Waals surface area contributed by atoms with Gasteiger partial charge in [-0.05, 0) is 0 Å². The van der Waals surface area contributed by atoms with E-state index in [-0.39, 0.29) is 10.9 Å². The number of aryl methyl sites for hydroxylation is 1. The van der Waals surface area contributed by atoms with Crippen LogP contribution in [0.15, 0.2) is 12.4 Å². The average Bonchev–Trinajstić information content (AvgIpc) is 2.61. The number of aromatic nitrogens is 2. The molecule has 1 aromatic rings. The molecule has 0 bridgehead atoms. The van der Waals surface area contributed by atoms with Gasteiger partial charge in [0.05, 0.1) is 0 Å². The van der Waals surface area contributed by atoms with E-state index in [1.165, 1.54) is 0 Å². The second-order valence-electron chi connectivity index (χ2n) is 3.35. The molecule has 0 aromatic carbocycles. The SMILES string of the molecule is CN(C)C(=O)CCn1ccnc1C(N)=S. The summed E-state index contributed by atoms with van der Waals surface area (Å²) in [6, 6.07) is 0. The molecule has 1 rings (SSSR count). The van der Waals surface area contributed by atoms with E-state index in [9.17, 15) is 4.79 Å². The number of hydrogen-bond donors (Lipinski definition) is 1. The molecule has 6 heteroatoms. The molecule has 0 saturated heterocycles. The van der Waals surface area contributed by atoms with Crippen LogP contribution in [0.25, 0.3) is 0 Å². The van der Waals surface area contributed by atoms with Crippen molar-refractivity contribution >= 4 is 23.1 Å². The van der Waals surface area contributed by atoms with Crippen molar-refractivity contribution in [2.75, 3.05) is 14.1 Å². The van der Waals surface area contributed by atoms with E-state index in [1.54, 1.807) is 36.0 Å². The summed E-state index contributed by atoms with van der Waals surface area (Å²) < 4.78 is 1.78. The lowest BCUT2D eigenvalue weighted by Gasteiger charge is -2.11. The zero-order valence-corrected chi connectivity index (χ0v) is 9.62. The van der Waals surface area contributed by atoms with Gasteiger partial charge in [-0.15, -0.1) is 0 Å². The lowest BCUT2D eigenvalue weighted by atomic mass is 10.3. The summed E-state index contributed by atoms with van der Waals surface area (Å²) in [5.41, 5.74) is 5.48. The Labute approximate surface area is 93.9 Å². The Morgan fingerprint density at radius 3 is 2.87 bits per heavy atom. The number of imidazole rings is 1. The van der Waals surface area contributed by atoms with Crippen LogP contribution >= 0.6 is 12.2 Å². The minimum Gasteiger partial charge on any atom is -0.387 e. The van der Waals surface area contributed by atoms with Gasteiger partial charge >= 0.3 is 0 Å². The van der Waals surface area contributed by atoms with Crippen LogP contribution in [0.3, 0.4) is 0 Å². The van der Waals surface area contributed by atoms with Crippen LogP contribution in [-0.2, 0) is 11.3 Å². The van der Waals surface area contributed by atoms with E-state index in [4.69, 9.17) is 18.0 Å². The molecule has 0 aliphatic heterocycles. The van der Waals surface area contributed by atoms with Crippen LogP contribution in [0.5, 0.6) is 0 Å². The van der Waals surface area contributed by atoms with E-state index in [2.05, 4.69) is 4.98 Å². The minimum atomic E-state index is 0.0672. The van der Waals surface area contributed by atoms with Gasteiger partial charge in [0.2, 0.25) is 5.91 Å². The van der Waals surface area contributed by atoms with Crippen molar-refractivity contribution in [3.63, 3.8) is 0 Å². The monoisotopic (exact) mass is 226 g/mol. The van der Waals surface area contributed by atoms with Crippen LogP contribution < -0.4 is 5.73 Å². The zero-order chi connectivity index (χ0) is 11.4. The lowest BCUT2D eigenvalue weighted by molar-refractivity contribution is -0.128. The van der Waals surface area contributed by atoms with Crippen molar-refractivity contribution in [3.05, 3.63) is 18.2 Å². The van der Waals surface area contributed by atoms with Gasteiger partial charge in [-0.1, -0.05) is 12.2 Å². The van der Waals surface area contributed by atoms with Crippen LogP contribution in [0, 0.1) is 0 Å². The van der Waals surface area contributed by atoms with E-state index < -0.39 is 0 Å². The lowest BCUT2D eigenvalue weighted by Crippen LogP contribution is -2.24. The van der Waals surface area contributed by atoms with E-state index in [0.29, 0.717) is 18.8 Å². The number of thiocarbonyl (C=S) groups is 1. The molecule has 1 aromatic heterocycles. The van der Waals surface area contributed by atoms with Gasteiger partial charge < -0.3 is 15.2 Å². The zero-order valence-electron chi connectivity index (χ0n) is 8.80. The number of carbonyl (C=O) groups is 1. The van der Waals surface area contributed by atoms with Gasteiger partial charge in [-0.2, -0.15) is 0 Å². The summed E-state index contributed by atoms with van der Waals surface area (Å²) in [7, 11) is 3.45. The molecule has 0 spiro atoms. The molecule has 0 aliphatic rings. The average molecular weight is 226 g/mol. The quantitative estimate of drug-likeness (QED) is 0.734. The van der Waals surface area contributed by atoms with Crippen LogP contribution in [0.1, 0.15) is 12.2 Å². The molecule has 2 N–H and O–H groups in total. The van der Waals surface area contributed by atoms with E-state index in [1.807, 2.05) is 0 Å². The minimum absolute atomic E-state index is 0.0672. The highest BCUT2D eigenvalue weighted by atomic mass is 32.1. The number of rotatable bonds is 4. The largest absolute Gasteiger partial charge is 0.387 e. The van der Waals surface area contributed by atoms with Crippen molar-refractivity contribution in [3.8, 4) is 0 Å². The van der Waals surface area contributed by atoms with Gasteiger partial charge in [0, 0.05) is 39.5 Å². The second kappa shape index (κ2) is 4.88. The molecule has 0 aliphatic carbocycles. The van der Waals surface area contributed by atoms with Crippen molar-refractivity contribution in [2.45, 2.75) is 13.0 Å². The van der Waals surface area contributed by atoms with Crippen LogP contribution in [0.2, 0.25) is 0 Å². The molecule has 0 fully saturated rings. The molecule has 0 radical (unpaired) electrons. The smallest absolute Gasteiger partial charge is 0.223 e. The van der Waals surface area contributed by atoms with Crippen LogP contribution in [0.4, 0.5) is 0 Å². The normalized spacial score (nSPS) is 10.0. The Hall–Kier alpha value is -1.43. The number of nitrogens with zero attached hydrogens (tertiary/aromatic N) is 3. The molecule has 1 amide bonds. The summed E-state index contributed by atoms with van der Waals surface area (Å²) in [4.78, 5) is 17.2. The molecule has 0 unspecified atom stereocenters. The molecular formula is C9H14N4OS. The van der Waals surface area contributed by atoms with Gasteiger partial charge in [0.25, 0.3) is 0 Å². The molecule has 15 heavy (non-hydrogen) atoms. The number of hydrogen-bond acceptors (Lipinski definition) is 3. The maximum atomic E-state index is 11.3. The van der Waals surface area contributed by atoms with Gasteiger partial charge in [0.1, 0.15) is 4.99 Å². The van der Waals surface area contributed by atoms with Crippen molar-refractivity contribution in [1.29, 1.82) is 0 Å². The Bertz CT molecular complexity index is 372. The topological polar surface area (TPSA) is 64.2 Å². The Balaban J connectivity index is 2.62. The van der Waals surface area contributed by atoms with Crippen molar-refractivity contribution in [1.82, 2.24) is 14.5 Å². The summed E-state index contributed by atoms with van der Waals surface area (Å²) in [5.74, 6) is 0.620. The second-order valence-corrected chi connectivity index (χ2v) is 3.79. The summed E-state index contributed by atoms with van der Waals surface area (Å²) in [5, 5.41) is 0. The summed E-state index contributed by atoms with van der Waals surface area (Å²) >= 11 is 4.83. The third-order valence-electron chi connectivity index (χ3n) is 2.00. The number of amides is 1. The highest BCUT2D eigenvalue weighted by Crippen LogP contribution is 2.00. The molecule has 0 saturated carbocycles. The van der Waals surface area contributed by atoms with Gasteiger partial charge in [-0.25, -0.2) is 4.98 Å². The molecule has 1 heterocycles. The standard InChI is InChI=1S/C9H14N4OS/c1-12(2)7(14)3-5-13-6-4-11-9(13)8(10)15/h4,6H,3,5H2,1-2H3,(H2,10,15). The Morgan fingerprint density at radius 1 is 1.67 bits per heavy atom. The fraction of sp³-hybridized carbons (Fsp3) is 0.444. The summed E-state index contributed by atoms with van der Waals surface area (Å²) in [6.07, 6.45) is 3.80. The number of carbonyl (C=O) groups excluding carboxylic acids is 1. The van der Waals surface area contributed by atoms with Crippen molar-refractivity contribution < 1.29 is 4.79 Å². The first-order valence-corrected chi connectivity index (χ1v) is 4.94. The maximum Gasteiger partial charge on any atom is 0.223 e. The maximum absolute atomic E-state index is 11.3. The third kappa shape index (κ3) is 3.02. The first-order chi connectivity index (χ1) is 7.02. The van der Waals surface area contributed by atoms with Gasteiger partial charge in [0.15, 0.2) is 5.82 Å². The molecular weight excluding hydrogens is 212 g/mol. The fourth-order valence-corrected chi connectivity index (χ4v) is 1.32. The Morgan fingerprint density at radius 2 is 2.33 bits per heavy atom. The highest BCUT2D eigenvalue weighted by molar-refractivity contribution is 7.80. The summed E-state index contributed by atoms with van der Waals surface area (Å²) in [6.45, 7) is 0.545. The van der Waals surface area contributed by atoms with Gasteiger partial charge in [-0.3, -0.25) is 4.79 Å². The van der Waals surface area contributed by atoms with Crippen LogP contribution in [-0.4, -0.2) is 39.4 Å². The Kier molecular flexibility index (Phi) is 3.79. The number of nitrogens with two attached hydrogens (primary N) is 1. The van der Waals surface area contributed by atoms with E-state index in [0.717, 1.165) is 0 Å². The molecule has 5 nitrogen and oxygen atoms in total. The molecule has 82 valence electrons.